The molecule has 2 aromatic heterocycles. The number of fused-ring (bicyclic) bond motifs is 1. The number of carbonyl (C=O) groups is 1. The molecule has 7 nitrogen and oxygen atoms in total. The second-order valence-corrected chi connectivity index (χ2v) is 10.2. The summed E-state index contributed by atoms with van der Waals surface area (Å²) in [6.45, 7) is 3.18. The van der Waals surface area contributed by atoms with Crippen LogP contribution in [0.15, 0.2) is 59.4 Å². The summed E-state index contributed by atoms with van der Waals surface area (Å²) in [7, 11) is 1.61. The minimum atomic E-state index is -0.330. The normalized spacial score (nSPS) is 14.4. The van der Waals surface area contributed by atoms with Crippen molar-refractivity contribution in [2.24, 2.45) is 5.92 Å². The first kappa shape index (κ1) is 23.2. The van der Waals surface area contributed by atoms with Gasteiger partial charge in [0.05, 0.1) is 16.8 Å². The van der Waals surface area contributed by atoms with E-state index in [1.807, 2.05) is 42.2 Å². The molecule has 0 N–H and O–H groups in total. The number of piperidine rings is 1. The highest BCUT2D eigenvalue weighted by Crippen LogP contribution is 2.31. The van der Waals surface area contributed by atoms with Gasteiger partial charge in [0, 0.05) is 18.7 Å². The fourth-order valence-corrected chi connectivity index (χ4v) is 5.61. The number of ether oxygens (including phenoxy) is 1. The van der Waals surface area contributed by atoms with Gasteiger partial charge in [-0.15, -0.1) is 11.3 Å². The molecule has 1 aliphatic rings. The quantitative estimate of drug-likeness (QED) is 0.404. The van der Waals surface area contributed by atoms with E-state index < -0.39 is 0 Å². The van der Waals surface area contributed by atoms with E-state index in [4.69, 9.17) is 4.74 Å². The summed E-state index contributed by atoms with van der Waals surface area (Å²) >= 11 is 1.43. The molecule has 180 valence electrons. The van der Waals surface area contributed by atoms with Crippen molar-refractivity contribution in [3.8, 4) is 17.0 Å². The monoisotopic (exact) mass is 488 g/mol. The minimum Gasteiger partial charge on any atom is -0.497 e. The first-order valence-corrected chi connectivity index (χ1v) is 12.7. The smallest absolute Gasteiger partial charge is 0.294 e. The molecule has 1 fully saturated rings. The summed E-state index contributed by atoms with van der Waals surface area (Å²) in [6, 6.07) is 18.0. The Hall–Kier alpha value is -3.52. The number of aromatic nitrogens is 3. The van der Waals surface area contributed by atoms with Gasteiger partial charge in [0.25, 0.3) is 5.56 Å². The van der Waals surface area contributed by atoms with Crippen LogP contribution in [0.4, 0.5) is 0 Å². The Morgan fingerprint density at radius 1 is 1.11 bits per heavy atom. The fraction of sp³-hybridized carbons (Fsp3) is 0.333. The Morgan fingerprint density at radius 2 is 1.89 bits per heavy atom. The predicted octanol–water partition coefficient (Wildman–Crippen LogP) is 4.32. The largest absolute Gasteiger partial charge is 0.497 e. The molecule has 0 unspecified atom stereocenters. The Kier molecular flexibility index (Phi) is 6.63. The van der Waals surface area contributed by atoms with Crippen molar-refractivity contribution in [3.05, 3.63) is 75.5 Å². The first-order chi connectivity index (χ1) is 17.0. The number of hydrogen-bond donors (Lipinski definition) is 0. The zero-order chi connectivity index (χ0) is 24.4. The van der Waals surface area contributed by atoms with Crippen molar-refractivity contribution in [3.63, 3.8) is 0 Å². The molecule has 2 aromatic carbocycles. The summed E-state index contributed by atoms with van der Waals surface area (Å²) in [6.07, 6.45) is 2.96. The van der Waals surface area contributed by atoms with Crippen molar-refractivity contribution in [2.45, 2.75) is 32.7 Å². The van der Waals surface area contributed by atoms with Gasteiger partial charge in [-0.1, -0.05) is 42.5 Å². The van der Waals surface area contributed by atoms with Crippen LogP contribution < -0.4 is 10.3 Å². The number of rotatable bonds is 6. The number of aryl methyl sites for hydroxylation is 1. The van der Waals surface area contributed by atoms with Gasteiger partial charge in [-0.25, -0.2) is 9.67 Å². The second kappa shape index (κ2) is 10.00. The lowest BCUT2D eigenvalue weighted by Crippen LogP contribution is -2.42. The maximum atomic E-state index is 13.2. The molecule has 0 spiro atoms. The number of benzene rings is 2. The number of hydrogen-bond acceptors (Lipinski definition) is 6. The number of likely N-dealkylation sites (tertiary alicyclic amines) is 1. The molecule has 1 aliphatic heterocycles. The van der Waals surface area contributed by atoms with Gasteiger partial charge in [0.15, 0.2) is 5.52 Å². The molecule has 4 aromatic rings. The van der Waals surface area contributed by atoms with Crippen LogP contribution in [0.5, 0.6) is 5.75 Å². The van der Waals surface area contributed by atoms with Crippen LogP contribution in [0.1, 0.15) is 23.4 Å². The Balaban J connectivity index is 1.36. The average Bonchev–Trinajstić information content (AvgIpc) is 3.28. The summed E-state index contributed by atoms with van der Waals surface area (Å²) in [4.78, 5) is 32.7. The van der Waals surface area contributed by atoms with Crippen molar-refractivity contribution >= 4 is 27.5 Å². The molecular formula is C27H28N4O3S. The lowest BCUT2D eigenvalue weighted by molar-refractivity contribution is -0.133. The van der Waals surface area contributed by atoms with Gasteiger partial charge in [-0.3, -0.25) is 9.59 Å². The summed E-state index contributed by atoms with van der Waals surface area (Å²) in [5.74, 6) is 1.18. The van der Waals surface area contributed by atoms with Gasteiger partial charge in [0.1, 0.15) is 18.0 Å². The van der Waals surface area contributed by atoms with Crippen LogP contribution in [-0.2, 0) is 17.8 Å². The molecule has 1 amide bonds. The van der Waals surface area contributed by atoms with Crippen molar-refractivity contribution in [2.75, 3.05) is 20.2 Å². The highest BCUT2D eigenvalue weighted by molar-refractivity contribution is 7.19. The third kappa shape index (κ3) is 4.98. The van der Waals surface area contributed by atoms with Crippen LogP contribution >= 0.6 is 11.3 Å². The second-order valence-electron chi connectivity index (χ2n) is 8.97. The third-order valence-electron chi connectivity index (χ3n) is 6.57. The van der Waals surface area contributed by atoms with E-state index in [9.17, 15) is 9.59 Å². The summed E-state index contributed by atoms with van der Waals surface area (Å²) < 4.78 is 7.37. The lowest BCUT2D eigenvalue weighted by Gasteiger charge is -2.32. The van der Waals surface area contributed by atoms with Crippen LogP contribution in [0.25, 0.3) is 21.5 Å². The lowest BCUT2D eigenvalue weighted by atomic mass is 9.90. The number of methoxy groups -OCH3 is 1. The average molecular weight is 489 g/mol. The molecule has 8 heteroatoms. The standard InChI is InChI=1S/C27H28N4O3S/c1-18-28-25-26(35-18)24(21-9-6-10-22(16-21)34-2)29-31(27(25)33)17-23(32)30-13-11-20(12-14-30)15-19-7-4-3-5-8-19/h3-10,16,20H,11-15,17H2,1-2H3. The molecule has 0 radical (unpaired) electrons. The van der Waals surface area contributed by atoms with Crippen molar-refractivity contribution in [1.29, 1.82) is 0 Å². The van der Waals surface area contributed by atoms with Crippen LogP contribution in [0.2, 0.25) is 0 Å². The summed E-state index contributed by atoms with van der Waals surface area (Å²) in [5.41, 5.74) is 2.82. The molecule has 1 saturated heterocycles. The van der Waals surface area contributed by atoms with Crippen LogP contribution in [0, 0.1) is 12.8 Å². The molecular weight excluding hydrogens is 460 g/mol. The topological polar surface area (TPSA) is 77.3 Å². The van der Waals surface area contributed by atoms with Crippen LogP contribution in [0.3, 0.4) is 0 Å². The maximum Gasteiger partial charge on any atom is 0.294 e. The molecule has 0 atom stereocenters. The molecule has 0 aliphatic carbocycles. The predicted molar refractivity (Wildman–Crippen MR) is 138 cm³/mol. The molecule has 35 heavy (non-hydrogen) atoms. The molecule has 5 rings (SSSR count). The Labute approximate surface area is 208 Å². The first-order valence-electron chi connectivity index (χ1n) is 11.9. The fourth-order valence-electron chi connectivity index (χ4n) is 4.69. The van der Waals surface area contributed by atoms with Gasteiger partial charge in [-0.05, 0) is 49.8 Å². The van der Waals surface area contributed by atoms with Gasteiger partial charge < -0.3 is 9.64 Å². The Morgan fingerprint density at radius 3 is 2.63 bits per heavy atom. The van der Waals surface area contributed by atoms with E-state index in [-0.39, 0.29) is 18.0 Å². The number of amides is 1. The maximum absolute atomic E-state index is 13.2. The van der Waals surface area contributed by atoms with E-state index >= 15 is 0 Å². The molecule has 0 bridgehead atoms. The van der Waals surface area contributed by atoms with Gasteiger partial charge >= 0.3 is 0 Å². The van der Waals surface area contributed by atoms with Gasteiger partial charge in [0.2, 0.25) is 5.91 Å². The SMILES string of the molecule is COc1cccc(-c2nn(CC(=O)N3CCC(Cc4ccccc4)CC3)c(=O)c3nc(C)sc23)c1. The van der Waals surface area contributed by atoms with E-state index in [1.54, 1.807) is 7.11 Å². The molecule has 3 heterocycles. The highest BCUT2D eigenvalue weighted by Gasteiger charge is 2.25. The third-order valence-corrected chi connectivity index (χ3v) is 7.55. The zero-order valence-corrected chi connectivity index (χ0v) is 20.8. The Bertz CT molecular complexity index is 1410. The van der Waals surface area contributed by atoms with E-state index in [2.05, 4.69) is 34.3 Å². The van der Waals surface area contributed by atoms with Crippen molar-refractivity contribution in [1.82, 2.24) is 19.7 Å². The van der Waals surface area contributed by atoms with Gasteiger partial charge in [-0.2, -0.15) is 5.10 Å². The number of thiazole rings is 1. The van der Waals surface area contributed by atoms with Crippen molar-refractivity contribution < 1.29 is 9.53 Å². The highest BCUT2D eigenvalue weighted by atomic mass is 32.1. The number of carbonyl (C=O) groups excluding carboxylic acids is 1. The number of nitrogens with zero attached hydrogens (tertiary/aromatic N) is 4. The molecule has 0 saturated carbocycles. The van der Waals surface area contributed by atoms with Crippen LogP contribution in [-0.4, -0.2) is 45.8 Å². The van der Waals surface area contributed by atoms with E-state index in [0.717, 1.165) is 34.5 Å². The zero-order valence-electron chi connectivity index (χ0n) is 19.9. The summed E-state index contributed by atoms with van der Waals surface area (Å²) in [5, 5.41) is 5.42. The minimum absolute atomic E-state index is 0.0827. The van der Waals surface area contributed by atoms with E-state index in [0.29, 0.717) is 36.0 Å². The van der Waals surface area contributed by atoms with E-state index in [1.165, 1.54) is 21.6 Å².